The third-order valence-electron chi connectivity index (χ3n) is 6.42. The molecule has 2 aromatic rings. The van der Waals surface area contributed by atoms with Crippen molar-refractivity contribution in [2.24, 2.45) is 0 Å². The maximum absolute atomic E-state index is 13.1. The normalized spacial score (nSPS) is 24.8. The number of carbonyl (C=O) groups is 3. The van der Waals surface area contributed by atoms with Gasteiger partial charge in [0.15, 0.2) is 6.10 Å². The van der Waals surface area contributed by atoms with Crippen LogP contribution in [0.15, 0.2) is 60.7 Å². The molecule has 174 valence electrons. The van der Waals surface area contributed by atoms with E-state index in [0.717, 1.165) is 16.8 Å². The minimum Gasteiger partial charge on any atom is -0.456 e. The summed E-state index contributed by atoms with van der Waals surface area (Å²) in [4.78, 5) is 38.4. The molecular weight excluding hydrogens is 438 g/mol. The van der Waals surface area contributed by atoms with Crippen molar-refractivity contribution in [1.82, 2.24) is 4.90 Å². The Morgan fingerprint density at radius 1 is 0.909 bits per heavy atom. The first-order valence-electron chi connectivity index (χ1n) is 11.2. The van der Waals surface area contributed by atoms with Crippen molar-refractivity contribution in [3.63, 3.8) is 0 Å². The number of hydrogen-bond donors (Lipinski definition) is 0. The first-order valence-corrected chi connectivity index (χ1v) is 13.7. The van der Waals surface area contributed by atoms with Crippen LogP contribution in [0.5, 0.6) is 0 Å². The summed E-state index contributed by atoms with van der Waals surface area (Å²) < 4.78 is 17.9. The lowest BCUT2D eigenvalue weighted by molar-refractivity contribution is -0.166. The first kappa shape index (κ1) is 23.2. The zero-order valence-corrected chi connectivity index (χ0v) is 20.1. The fraction of sp³-hybridized carbons (Fsp3) is 0.400. The van der Waals surface area contributed by atoms with E-state index >= 15 is 0 Å². The monoisotopic (exact) mass is 467 g/mol. The molecule has 7 nitrogen and oxygen atoms in total. The number of amides is 1. The molecule has 2 aliphatic heterocycles. The van der Waals surface area contributed by atoms with Crippen molar-refractivity contribution < 1.29 is 28.3 Å². The van der Waals surface area contributed by atoms with Crippen molar-refractivity contribution in [3.8, 4) is 0 Å². The summed E-state index contributed by atoms with van der Waals surface area (Å²) in [5.74, 6) is -1.45. The number of nitrogens with zero attached hydrogens (tertiary/aromatic N) is 1. The van der Waals surface area contributed by atoms with Crippen LogP contribution in [-0.2, 0) is 28.3 Å². The molecule has 33 heavy (non-hydrogen) atoms. The molecule has 0 radical (unpaired) electrons. The quantitative estimate of drug-likeness (QED) is 0.475. The number of benzene rings is 2. The molecule has 0 bridgehead atoms. The number of hydrogen-bond acceptors (Lipinski definition) is 6. The van der Waals surface area contributed by atoms with Gasteiger partial charge in [-0.05, 0) is 29.8 Å². The Morgan fingerprint density at radius 2 is 1.45 bits per heavy atom. The highest BCUT2D eigenvalue weighted by Crippen LogP contribution is 2.35. The number of rotatable bonds is 6. The van der Waals surface area contributed by atoms with Crippen molar-refractivity contribution in [3.05, 3.63) is 60.7 Å². The Bertz CT molecular complexity index is 975. The minimum atomic E-state index is -2.68. The Balaban J connectivity index is 1.73. The molecule has 2 aromatic carbocycles. The summed E-state index contributed by atoms with van der Waals surface area (Å²) in [5, 5.41) is 2.22. The van der Waals surface area contributed by atoms with Gasteiger partial charge in [0, 0.05) is 20.4 Å². The van der Waals surface area contributed by atoms with Gasteiger partial charge in [-0.2, -0.15) is 0 Å². The van der Waals surface area contributed by atoms with E-state index in [9.17, 15) is 14.4 Å². The first-order chi connectivity index (χ1) is 15.8. The fourth-order valence-electron chi connectivity index (χ4n) is 4.98. The maximum Gasteiger partial charge on any atom is 0.303 e. The Kier molecular flexibility index (Phi) is 6.67. The molecule has 2 saturated heterocycles. The van der Waals surface area contributed by atoms with Crippen molar-refractivity contribution in [2.75, 3.05) is 6.54 Å². The topological polar surface area (TPSA) is 82.1 Å². The second-order valence-electron chi connectivity index (χ2n) is 8.69. The molecule has 0 spiro atoms. The summed E-state index contributed by atoms with van der Waals surface area (Å²) in [6.07, 6.45) is -0.970. The zero-order valence-electron chi connectivity index (χ0n) is 19.1. The molecule has 4 atom stereocenters. The molecule has 2 aliphatic rings. The van der Waals surface area contributed by atoms with Crippen LogP contribution in [-0.4, -0.2) is 62.0 Å². The lowest BCUT2D eigenvalue weighted by Gasteiger charge is -2.42. The van der Waals surface area contributed by atoms with Crippen LogP contribution in [0.4, 0.5) is 0 Å². The van der Waals surface area contributed by atoms with Crippen molar-refractivity contribution in [1.29, 1.82) is 0 Å². The molecule has 2 fully saturated rings. The average Bonchev–Trinajstić information content (AvgIpc) is 3.06. The van der Waals surface area contributed by atoms with Crippen LogP contribution in [0.3, 0.4) is 0 Å². The number of ether oxygens (including phenoxy) is 2. The van der Waals surface area contributed by atoms with Gasteiger partial charge in [-0.25, -0.2) is 0 Å². The molecule has 0 N–H and O–H groups in total. The molecule has 0 aromatic heterocycles. The highest BCUT2D eigenvalue weighted by Gasteiger charge is 2.57. The van der Waals surface area contributed by atoms with E-state index in [4.69, 9.17) is 13.9 Å². The van der Waals surface area contributed by atoms with Crippen molar-refractivity contribution >= 4 is 36.5 Å². The molecule has 0 saturated carbocycles. The van der Waals surface area contributed by atoms with Gasteiger partial charge < -0.3 is 18.8 Å². The molecule has 1 unspecified atom stereocenters. The van der Waals surface area contributed by atoms with Gasteiger partial charge in [-0.1, -0.05) is 60.7 Å². The van der Waals surface area contributed by atoms with Gasteiger partial charge in [0.25, 0.3) is 14.2 Å². The van der Waals surface area contributed by atoms with E-state index in [1.165, 1.54) is 13.8 Å². The SMILES string of the molecule is CC(=O)O[C@@H]1[C@@H](OC(C)=O)C(=O)N2CCCC(O[Si](C)(c3ccccc3)c3ccccc3)[C@@H]12. The Labute approximate surface area is 194 Å². The van der Waals surface area contributed by atoms with Crippen LogP contribution in [0.2, 0.25) is 6.55 Å². The number of fused-ring (bicyclic) bond motifs is 1. The lowest BCUT2D eigenvalue weighted by atomic mass is 9.97. The molecule has 4 rings (SSSR count). The molecule has 0 aliphatic carbocycles. The largest absolute Gasteiger partial charge is 0.456 e. The summed E-state index contributed by atoms with van der Waals surface area (Å²) >= 11 is 0. The summed E-state index contributed by atoms with van der Waals surface area (Å²) in [6, 6.07) is 19.7. The van der Waals surface area contributed by atoms with E-state index in [0.29, 0.717) is 13.0 Å². The lowest BCUT2D eigenvalue weighted by Crippen LogP contribution is -2.64. The average molecular weight is 468 g/mol. The third kappa shape index (κ3) is 4.58. The molecule has 2 heterocycles. The van der Waals surface area contributed by atoms with E-state index in [-0.39, 0.29) is 12.0 Å². The Morgan fingerprint density at radius 3 is 1.97 bits per heavy atom. The highest BCUT2D eigenvalue weighted by atomic mass is 28.4. The second kappa shape index (κ2) is 9.49. The molecule has 8 heteroatoms. The van der Waals surface area contributed by atoms with Crippen LogP contribution in [0.25, 0.3) is 0 Å². The predicted octanol–water partition coefficient (Wildman–Crippen LogP) is 1.63. The minimum absolute atomic E-state index is 0.336. The molecule has 1 amide bonds. The van der Waals surface area contributed by atoms with Gasteiger partial charge in [-0.15, -0.1) is 0 Å². The standard InChI is InChI=1S/C25H29NO6Si/c1-17(27)30-23-22-21(15-10-16-26(22)25(29)24(23)31-18(2)28)32-33(3,19-11-6-4-7-12-19)20-13-8-5-9-14-20/h4-9,11-14,21-24H,10,15-16H2,1-3H3/t21?,22-,23-,24+/m0/s1. The fourth-order valence-corrected chi connectivity index (χ4v) is 8.10. The van der Waals surface area contributed by atoms with Crippen LogP contribution < -0.4 is 10.4 Å². The van der Waals surface area contributed by atoms with E-state index in [1.54, 1.807) is 4.90 Å². The van der Waals surface area contributed by atoms with E-state index in [1.807, 2.05) is 36.4 Å². The predicted molar refractivity (Wildman–Crippen MR) is 124 cm³/mol. The van der Waals surface area contributed by atoms with Crippen LogP contribution in [0, 0.1) is 0 Å². The van der Waals surface area contributed by atoms with E-state index in [2.05, 4.69) is 30.8 Å². The zero-order chi connectivity index (χ0) is 23.6. The third-order valence-corrected chi connectivity index (χ3v) is 10.1. The van der Waals surface area contributed by atoms with Crippen molar-refractivity contribution in [2.45, 2.75) is 57.6 Å². The number of piperidine rings is 1. The smallest absolute Gasteiger partial charge is 0.303 e. The van der Waals surface area contributed by atoms with Gasteiger partial charge >= 0.3 is 11.9 Å². The van der Waals surface area contributed by atoms with Gasteiger partial charge in [0.2, 0.25) is 6.10 Å². The van der Waals surface area contributed by atoms with Gasteiger partial charge in [-0.3, -0.25) is 14.4 Å². The number of carbonyl (C=O) groups excluding carboxylic acids is 3. The molecular formula is C25H29NO6Si. The van der Waals surface area contributed by atoms with E-state index < -0.39 is 38.5 Å². The summed E-state index contributed by atoms with van der Waals surface area (Å²) in [6.45, 7) is 5.20. The van der Waals surface area contributed by atoms with Gasteiger partial charge in [0.05, 0.1) is 12.1 Å². The Hall–Kier alpha value is -2.97. The van der Waals surface area contributed by atoms with Gasteiger partial charge in [0.1, 0.15) is 0 Å². The number of esters is 2. The van der Waals surface area contributed by atoms with Crippen LogP contribution >= 0.6 is 0 Å². The summed E-state index contributed by atoms with van der Waals surface area (Å²) in [7, 11) is -2.68. The second-order valence-corrected chi connectivity index (χ2v) is 12.1. The summed E-state index contributed by atoms with van der Waals surface area (Å²) in [5.41, 5.74) is 0. The maximum atomic E-state index is 13.1. The highest BCUT2D eigenvalue weighted by molar-refractivity contribution is 6.96. The van der Waals surface area contributed by atoms with Crippen LogP contribution in [0.1, 0.15) is 26.7 Å².